The quantitative estimate of drug-likeness (QED) is 0.772. The van der Waals surface area contributed by atoms with Crippen LogP contribution in [0.4, 0.5) is 11.8 Å². The van der Waals surface area contributed by atoms with Crippen LogP contribution in [-0.4, -0.2) is 38.1 Å². The van der Waals surface area contributed by atoms with Gasteiger partial charge in [-0.3, -0.25) is 0 Å². The third-order valence-corrected chi connectivity index (χ3v) is 5.59. The Bertz CT molecular complexity index is 712. The fourth-order valence-electron chi connectivity index (χ4n) is 4.17. The van der Waals surface area contributed by atoms with Crippen molar-refractivity contribution in [1.82, 2.24) is 19.5 Å². The predicted molar refractivity (Wildman–Crippen MR) is 101 cm³/mol. The van der Waals surface area contributed by atoms with Gasteiger partial charge in [0.1, 0.15) is 0 Å². The summed E-state index contributed by atoms with van der Waals surface area (Å²) in [6, 6.07) is 1.28. The zero-order valence-electron chi connectivity index (χ0n) is 15.0. The Morgan fingerprint density at radius 2 is 1.88 bits per heavy atom. The van der Waals surface area contributed by atoms with Crippen LogP contribution in [0.1, 0.15) is 64.3 Å². The molecule has 0 aliphatic heterocycles. The molecule has 25 heavy (non-hydrogen) atoms. The molecular formula is C18H29N7. The van der Waals surface area contributed by atoms with Gasteiger partial charge in [0.05, 0.1) is 6.33 Å². The van der Waals surface area contributed by atoms with Crippen molar-refractivity contribution in [2.75, 3.05) is 17.2 Å². The first-order chi connectivity index (χ1) is 12.2. The summed E-state index contributed by atoms with van der Waals surface area (Å²) in [6.45, 7) is 2.90. The average molecular weight is 343 g/mol. The molecule has 2 aliphatic carbocycles. The monoisotopic (exact) mass is 343 g/mol. The summed E-state index contributed by atoms with van der Waals surface area (Å²) in [4.78, 5) is 14.2. The highest BCUT2D eigenvalue weighted by molar-refractivity contribution is 5.84. The van der Waals surface area contributed by atoms with Gasteiger partial charge < -0.3 is 20.9 Å². The van der Waals surface area contributed by atoms with Crippen LogP contribution in [0.25, 0.3) is 11.2 Å². The highest BCUT2D eigenvalue weighted by Gasteiger charge is 2.23. The van der Waals surface area contributed by atoms with E-state index in [1.54, 1.807) is 0 Å². The number of hydrogen-bond acceptors (Lipinski definition) is 6. The second kappa shape index (κ2) is 7.15. The summed E-state index contributed by atoms with van der Waals surface area (Å²) >= 11 is 0. The van der Waals surface area contributed by atoms with Crippen LogP contribution in [0.5, 0.6) is 0 Å². The molecule has 0 spiro atoms. The number of fused-ring (bicyclic) bond motifs is 1. The van der Waals surface area contributed by atoms with Gasteiger partial charge in [0.25, 0.3) is 0 Å². The lowest BCUT2D eigenvalue weighted by Crippen LogP contribution is -2.33. The standard InChI is InChI=1S/C18H29N7/c1-2-20-16-15-17(25(11-21-15)14-5-3-4-6-14)24-18(23-16)22-13-9-7-12(19)8-10-13/h11-14H,2-10,19H2,1H3,(H2,20,22,23,24)/t12-,13-. The summed E-state index contributed by atoms with van der Waals surface area (Å²) in [5.74, 6) is 1.54. The van der Waals surface area contributed by atoms with E-state index in [-0.39, 0.29) is 0 Å². The summed E-state index contributed by atoms with van der Waals surface area (Å²) in [6.07, 6.45) is 11.3. The maximum atomic E-state index is 6.02. The Morgan fingerprint density at radius 3 is 2.60 bits per heavy atom. The van der Waals surface area contributed by atoms with Gasteiger partial charge in [-0.15, -0.1) is 0 Å². The summed E-state index contributed by atoms with van der Waals surface area (Å²) in [7, 11) is 0. The minimum Gasteiger partial charge on any atom is -0.368 e. The van der Waals surface area contributed by atoms with Gasteiger partial charge in [0, 0.05) is 24.7 Å². The molecule has 2 heterocycles. The molecule has 2 aromatic rings. The first-order valence-electron chi connectivity index (χ1n) is 9.75. The zero-order chi connectivity index (χ0) is 17.2. The van der Waals surface area contributed by atoms with Crippen molar-refractivity contribution in [2.45, 2.75) is 76.4 Å². The number of rotatable bonds is 5. The molecule has 136 valence electrons. The molecule has 0 atom stereocenters. The van der Waals surface area contributed by atoms with E-state index in [1.165, 1.54) is 25.7 Å². The van der Waals surface area contributed by atoms with E-state index in [1.807, 2.05) is 6.33 Å². The molecule has 0 radical (unpaired) electrons. The number of nitrogens with zero attached hydrogens (tertiary/aromatic N) is 4. The number of nitrogens with one attached hydrogen (secondary N) is 2. The summed E-state index contributed by atoms with van der Waals surface area (Å²) in [5, 5.41) is 6.89. The molecule has 7 nitrogen and oxygen atoms in total. The molecule has 0 aromatic carbocycles. The van der Waals surface area contributed by atoms with Gasteiger partial charge >= 0.3 is 0 Å². The van der Waals surface area contributed by atoms with Crippen molar-refractivity contribution in [3.05, 3.63) is 6.33 Å². The third kappa shape index (κ3) is 3.42. The Hall–Kier alpha value is -1.89. The molecule has 2 fully saturated rings. The SMILES string of the molecule is CCNc1nc(N[C@H]2CC[C@H](N)CC2)nc2c1ncn2C1CCCC1. The van der Waals surface area contributed by atoms with E-state index < -0.39 is 0 Å². The second-order valence-corrected chi connectivity index (χ2v) is 7.44. The maximum Gasteiger partial charge on any atom is 0.227 e. The fourth-order valence-corrected chi connectivity index (χ4v) is 4.17. The fraction of sp³-hybridized carbons (Fsp3) is 0.722. The first-order valence-corrected chi connectivity index (χ1v) is 9.75. The van der Waals surface area contributed by atoms with Crippen molar-refractivity contribution < 1.29 is 0 Å². The van der Waals surface area contributed by atoms with E-state index in [0.29, 0.717) is 24.1 Å². The normalized spacial score (nSPS) is 24.7. The number of hydrogen-bond donors (Lipinski definition) is 3. The summed E-state index contributed by atoms with van der Waals surface area (Å²) < 4.78 is 2.26. The number of anilines is 2. The van der Waals surface area contributed by atoms with Crippen molar-refractivity contribution >= 4 is 22.9 Å². The molecule has 7 heteroatoms. The summed E-state index contributed by atoms with van der Waals surface area (Å²) in [5.41, 5.74) is 7.85. The van der Waals surface area contributed by atoms with E-state index in [9.17, 15) is 0 Å². The maximum absolute atomic E-state index is 6.02. The number of aromatic nitrogens is 4. The number of nitrogens with two attached hydrogens (primary N) is 1. The van der Waals surface area contributed by atoms with Crippen molar-refractivity contribution in [3.63, 3.8) is 0 Å². The topological polar surface area (TPSA) is 93.7 Å². The molecule has 2 aliphatic rings. The molecule has 0 saturated heterocycles. The average Bonchev–Trinajstić information content (AvgIpc) is 3.26. The Morgan fingerprint density at radius 1 is 1.12 bits per heavy atom. The molecule has 2 saturated carbocycles. The van der Waals surface area contributed by atoms with Crippen LogP contribution < -0.4 is 16.4 Å². The third-order valence-electron chi connectivity index (χ3n) is 5.59. The van der Waals surface area contributed by atoms with Crippen LogP contribution in [0, 0.1) is 0 Å². The minimum absolute atomic E-state index is 0.350. The van der Waals surface area contributed by atoms with Gasteiger partial charge in [0.15, 0.2) is 17.0 Å². The van der Waals surface area contributed by atoms with E-state index in [0.717, 1.165) is 49.2 Å². The van der Waals surface area contributed by atoms with Crippen LogP contribution >= 0.6 is 0 Å². The molecule has 0 bridgehead atoms. The second-order valence-electron chi connectivity index (χ2n) is 7.44. The molecule has 0 unspecified atom stereocenters. The molecule has 2 aromatic heterocycles. The Kier molecular flexibility index (Phi) is 4.74. The van der Waals surface area contributed by atoms with Gasteiger partial charge in [-0.25, -0.2) is 4.98 Å². The largest absolute Gasteiger partial charge is 0.368 e. The lowest BCUT2D eigenvalue weighted by Gasteiger charge is -2.27. The molecule has 4 N–H and O–H groups in total. The smallest absolute Gasteiger partial charge is 0.227 e. The van der Waals surface area contributed by atoms with E-state index >= 15 is 0 Å². The molecule has 0 amide bonds. The zero-order valence-corrected chi connectivity index (χ0v) is 15.0. The molecular weight excluding hydrogens is 314 g/mol. The minimum atomic E-state index is 0.350. The highest BCUT2D eigenvalue weighted by Crippen LogP contribution is 2.33. The Labute approximate surface area is 148 Å². The van der Waals surface area contributed by atoms with Crippen molar-refractivity contribution in [2.24, 2.45) is 5.73 Å². The van der Waals surface area contributed by atoms with Crippen LogP contribution in [0.3, 0.4) is 0 Å². The van der Waals surface area contributed by atoms with Gasteiger partial charge in [0.2, 0.25) is 5.95 Å². The van der Waals surface area contributed by atoms with Crippen LogP contribution in [0.2, 0.25) is 0 Å². The van der Waals surface area contributed by atoms with Crippen molar-refractivity contribution in [3.8, 4) is 0 Å². The van der Waals surface area contributed by atoms with Crippen LogP contribution in [0.15, 0.2) is 6.33 Å². The van der Waals surface area contributed by atoms with Gasteiger partial charge in [-0.05, 0) is 45.4 Å². The highest BCUT2D eigenvalue weighted by atomic mass is 15.2. The molecule has 4 rings (SSSR count). The van der Waals surface area contributed by atoms with Gasteiger partial charge in [-0.2, -0.15) is 9.97 Å². The van der Waals surface area contributed by atoms with Crippen LogP contribution in [-0.2, 0) is 0 Å². The number of imidazole rings is 1. The van der Waals surface area contributed by atoms with Gasteiger partial charge in [-0.1, -0.05) is 12.8 Å². The first kappa shape index (κ1) is 16.6. The van der Waals surface area contributed by atoms with Crippen molar-refractivity contribution in [1.29, 1.82) is 0 Å². The van der Waals surface area contributed by atoms with E-state index in [4.69, 9.17) is 15.7 Å². The lowest BCUT2D eigenvalue weighted by atomic mass is 9.92. The predicted octanol–water partition coefficient (Wildman–Crippen LogP) is 3.06. The van der Waals surface area contributed by atoms with E-state index in [2.05, 4.69) is 27.1 Å². The lowest BCUT2D eigenvalue weighted by molar-refractivity contribution is 0.410. The Balaban J connectivity index is 1.65.